The Hall–Kier alpha value is 1.30. The Morgan fingerprint density at radius 3 is 1.95 bits per heavy atom. The molecule has 0 N–H and O–H groups in total. The number of ether oxygens (including phenoxy) is 1. The summed E-state index contributed by atoms with van der Waals surface area (Å²) in [6, 6.07) is 0. The largest absolute Gasteiger partial charge is 1.00 e. The third kappa shape index (κ3) is 11.6. The molecule has 0 bridgehead atoms. The molecule has 0 aromatic carbocycles. The van der Waals surface area contributed by atoms with Crippen molar-refractivity contribution < 1.29 is 47.3 Å². The Bertz CT molecular complexity index is 312. The zero-order valence-corrected chi connectivity index (χ0v) is 16.8. The van der Waals surface area contributed by atoms with Gasteiger partial charge in [-0.2, -0.15) is 0 Å². The summed E-state index contributed by atoms with van der Waals surface area (Å²) < 4.78 is 36.7. The summed E-state index contributed by atoms with van der Waals surface area (Å²) >= 11 is 0. The van der Waals surface area contributed by atoms with E-state index < -0.39 is 10.1 Å². The summed E-state index contributed by atoms with van der Waals surface area (Å²) in [5.74, 6) is -0.329. The summed E-state index contributed by atoms with van der Waals surface area (Å²) in [6.07, 6.45) is 0.292. The predicted octanol–water partition coefficient (Wildman–Crippen LogP) is -0.370. The summed E-state index contributed by atoms with van der Waals surface area (Å²) in [4.78, 5) is 0. The van der Waals surface area contributed by atoms with Gasteiger partial charge in [0, 0.05) is 18.0 Å². The van der Waals surface area contributed by atoms with Crippen LogP contribution in [-0.2, 0) is 14.9 Å². The molecule has 110 valence electrons. The van der Waals surface area contributed by atoms with E-state index in [0.29, 0.717) is 36.6 Å². The first-order valence-electron chi connectivity index (χ1n) is 6.44. The minimum atomic E-state index is -4.09. The van der Waals surface area contributed by atoms with Crippen molar-refractivity contribution >= 4 is 18.0 Å². The molecule has 0 aromatic rings. The molecule has 0 aliphatic carbocycles. The first-order chi connectivity index (χ1) is 8.15. The van der Waals surface area contributed by atoms with E-state index in [4.69, 9.17) is 4.74 Å². The molecule has 0 spiro atoms. The van der Waals surface area contributed by atoms with Crippen LogP contribution in [0.5, 0.6) is 0 Å². The van der Waals surface area contributed by atoms with E-state index >= 15 is 0 Å². The molecule has 0 aliphatic rings. The van der Waals surface area contributed by atoms with Crippen LogP contribution < -0.4 is 29.6 Å². The van der Waals surface area contributed by atoms with Gasteiger partial charge in [-0.3, -0.25) is 0 Å². The quantitative estimate of drug-likeness (QED) is 0.252. The molecule has 0 fully saturated rings. The monoisotopic (exact) mass is 320 g/mol. The van der Waals surface area contributed by atoms with E-state index in [1.807, 2.05) is 0 Å². The minimum Gasteiger partial charge on any atom is -0.748 e. The van der Waals surface area contributed by atoms with Gasteiger partial charge in [-0.1, -0.05) is 42.5 Å². The van der Waals surface area contributed by atoms with Crippen molar-refractivity contribution in [2.45, 2.75) is 58.0 Å². The third-order valence-electron chi connectivity index (χ3n) is 2.74. The molecule has 1 unspecified atom stereocenters. The summed E-state index contributed by atoms with van der Waals surface area (Å²) in [6.45, 7) is 12.2. The smallest absolute Gasteiger partial charge is 0.748 e. The zero-order chi connectivity index (χ0) is 14.3. The predicted molar refractivity (Wildman–Crippen MR) is 76.7 cm³/mol. The van der Waals surface area contributed by atoms with Crippen LogP contribution in [0, 0.1) is 0 Å². The van der Waals surface area contributed by atoms with Crippen LogP contribution in [0.2, 0.25) is 0 Å². The van der Waals surface area contributed by atoms with E-state index in [1.165, 1.54) is 0 Å². The van der Waals surface area contributed by atoms with E-state index in [2.05, 4.69) is 34.6 Å². The van der Waals surface area contributed by atoms with E-state index in [9.17, 15) is 13.0 Å². The van der Waals surface area contributed by atoms with Gasteiger partial charge in [0.25, 0.3) is 0 Å². The van der Waals surface area contributed by atoms with E-state index in [-0.39, 0.29) is 43.2 Å². The maximum absolute atomic E-state index is 10.4. The molecular formula is C12H26NaO4PS. The van der Waals surface area contributed by atoms with Crippen molar-refractivity contribution in [1.82, 2.24) is 0 Å². The second-order valence-electron chi connectivity index (χ2n) is 5.17. The third-order valence-corrected chi connectivity index (χ3v) is 7.08. The van der Waals surface area contributed by atoms with Crippen LogP contribution in [0.25, 0.3) is 0 Å². The molecule has 0 amide bonds. The van der Waals surface area contributed by atoms with Gasteiger partial charge in [-0.25, -0.2) is 8.42 Å². The number of rotatable bonds is 9. The zero-order valence-electron chi connectivity index (χ0n) is 13.0. The van der Waals surface area contributed by atoms with Gasteiger partial charge in [0.2, 0.25) is 0 Å². The van der Waals surface area contributed by atoms with Crippen LogP contribution in [0.1, 0.15) is 41.0 Å². The average Bonchev–Trinajstić information content (AvgIpc) is 2.13. The number of hydrogen-bond acceptors (Lipinski definition) is 4. The van der Waals surface area contributed by atoms with Gasteiger partial charge in [0.1, 0.15) is 0 Å². The second-order valence-corrected chi connectivity index (χ2v) is 10.5. The standard InChI is InChI=1S/C12H27O4PS.Na/c1-10(2)17(11(3)4)12(5)9-16-7-6-8-18(13,14)15;/h10-12H,6-9H2,1-5H3,(H,13,14,15);/q;+1/p-1. The fourth-order valence-corrected chi connectivity index (χ4v) is 6.27. The van der Waals surface area contributed by atoms with E-state index in [0.717, 1.165) is 0 Å². The Labute approximate surface area is 141 Å². The molecule has 1 atom stereocenters. The first-order valence-corrected chi connectivity index (χ1v) is 9.56. The van der Waals surface area contributed by atoms with Crippen molar-refractivity contribution in [1.29, 1.82) is 0 Å². The molecule has 0 saturated heterocycles. The SMILES string of the molecule is CC(C)P(C(C)C)C(C)COCCCS(=O)(=O)[O-].[Na+]. The molecule has 19 heavy (non-hydrogen) atoms. The van der Waals surface area contributed by atoms with Gasteiger partial charge in [0.05, 0.1) is 16.7 Å². The molecule has 0 radical (unpaired) electrons. The van der Waals surface area contributed by atoms with Crippen LogP contribution in [-0.4, -0.2) is 48.9 Å². The minimum absolute atomic E-state index is 0. The van der Waals surface area contributed by atoms with Gasteiger partial charge in [0.15, 0.2) is 0 Å². The van der Waals surface area contributed by atoms with Gasteiger partial charge in [-0.05, 0) is 17.7 Å². The fraction of sp³-hybridized carbons (Fsp3) is 1.00. The Kier molecular flexibility index (Phi) is 13.0. The molecule has 7 heteroatoms. The molecule has 0 rings (SSSR count). The summed E-state index contributed by atoms with van der Waals surface area (Å²) in [7, 11) is -4.18. The van der Waals surface area contributed by atoms with Crippen LogP contribution in [0.4, 0.5) is 0 Å². The van der Waals surface area contributed by atoms with Crippen molar-refractivity contribution in [2.24, 2.45) is 0 Å². The fourth-order valence-electron chi connectivity index (χ4n) is 2.29. The van der Waals surface area contributed by atoms with Crippen molar-refractivity contribution in [3.05, 3.63) is 0 Å². The topological polar surface area (TPSA) is 66.4 Å². The average molecular weight is 320 g/mol. The molecule has 0 aromatic heterocycles. The van der Waals surface area contributed by atoms with Crippen molar-refractivity contribution in [3.8, 4) is 0 Å². The Morgan fingerprint density at radius 1 is 1.11 bits per heavy atom. The van der Waals surface area contributed by atoms with Crippen molar-refractivity contribution in [2.75, 3.05) is 19.0 Å². The second kappa shape index (κ2) is 10.9. The van der Waals surface area contributed by atoms with Gasteiger partial charge < -0.3 is 9.29 Å². The molecule has 0 saturated carbocycles. The van der Waals surface area contributed by atoms with Crippen LogP contribution in [0.3, 0.4) is 0 Å². The number of hydrogen-bond donors (Lipinski definition) is 0. The van der Waals surface area contributed by atoms with Gasteiger partial charge in [-0.15, -0.1) is 0 Å². The molecule has 0 aliphatic heterocycles. The first kappa shape index (κ1) is 22.6. The van der Waals surface area contributed by atoms with Gasteiger partial charge >= 0.3 is 29.6 Å². The normalized spacial score (nSPS) is 13.9. The Morgan fingerprint density at radius 2 is 1.58 bits per heavy atom. The van der Waals surface area contributed by atoms with Crippen molar-refractivity contribution in [3.63, 3.8) is 0 Å². The Balaban J connectivity index is 0. The maximum Gasteiger partial charge on any atom is 1.00 e. The van der Waals surface area contributed by atoms with E-state index in [1.54, 1.807) is 0 Å². The molecule has 0 heterocycles. The molecular weight excluding hydrogens is 294 g/mol. The maximum atomic E-state index is 10.4. The summed E-state index contributed by atoms with van der Waals surface area (Å²) in [5, 5.41) is 0. The molecule has 4 nitrogen and oxygen atoms in total. The summed E-state index contributed by atoms with van der Waals surface area (Å²) in [5.41, 5.74) is 1.84. The van der Waals surface area contributed by atoms with Crippen LogP contribution >= 0.6 is 7.92 Å². The van der Waals surface area contributed by atoms with Crippen LogP contribution in [0.15, 0.2) is 0 Å².